The third-order valence-electron chi connectivity index (χ3n) is 7.27. The number of halogens is 2. The van der Waals surface area contributed by atoms with Crippen LogP contribution in [-0.4, -0.2) is 30.6 Å². The molecule has 2 bridgehead atoms. The van der Waals surface area contributed by atoms with E-state index in [0.717, 1.165) is 37.0 Å². The highest BCUT2D eigenvalue weighted by Gasteiger charge is 2.48. The van der Waals surface area contributed by atoms with Crippen LogP contribution in [0.2, 0.25) is 5.02 Å². The maximum Gasteiger partial charge on any atom is 0.308 e. The first-order chi connectivity index (χ1) is 15.0. The number of allylic oxidation sites excluding steroid dienone is 1. The fraction of sp³-hybridized carbons (Fsp3) is 0.391. The van der Waals surface area contributed by atoms with E-state index in [0.29, 0.717) is 39.8 Å². The Balaban J connectivity index is 1.49. The minimum atomic E-state index is -0.749. The van der Waals surface area contributed by atoms with Gasteiger partial charge in [0.1, 0.15) is 11.5 Å². The molecule has 4 aliphatic carbocycles. The molecule has 6 nitrogen and oxygen atoms in total. The summed E-state index contributed by atoms with van der Waals surface area (Å²) in [5, 5.41) is 11.2. The van der Waals surface area contributed by atoms with Gasteiger partial charge in [-0.25, -0.2) is 14.4 Å². The molecule has 0 saturated heterocycles. The second-order valence-electron chi connectivity index (χ2n) is 8.81. The van der Waals surface area contributed by atoms with Crippen LogP contribution >= 0.6 is 11.6 Å². The van der Waals surface area contributed by atoms with Crippen LogP contribution in [-0.2, 0) is 11.2 Å². The van der Waals surface area contributed by atoms with Gasteiger partial charge in [0.05, 0.1) is 34.3 Å². The lowest BCUT2D eigenvalue weighted by Crippen LogP contribution is -2.44. The predicted molar refractivity (Wildman–Crippen MR) is 113 cm³/mol. The maximum atomic E-state index is 13.8. The molecular formula is C23H20ClFN4O2. The Hall–Kier alpha value is -2.80. The number of rotatable bonds is 3. The van der Waals surface area contributed by atoms with Crippen LogP contribution in [0.1, 0.15) is 48.8 Å². The van der Waals surface area contributed by atoms with Gasteiger partial charge in [0, 0.05) is 30.0 Å². The molecule has 0 aliphatic heterocycles. The molecule has 8 heteroatoms. The zero-order chi connectivity index (χ0) is 21.3. The van der Waals surface area contributed by atoms with Crippen LogP contribution in [0.4, 0.5) is 4.39 Å². The van der Waals surface area contributed by atoms with Gasteiger partial charge in [0.25, 0.3) is 0 Å². The van der Waals surface area contributed by atoms with E-state index in [4.69, 9.17) is 16.6 Å². The van der Waals surface area contributed by atoms with E-state index in [1.165, 1.54) is 12.3 Å². The molecule has 3 heterocycles. The lowest BCUT2D eigenvalue weighted by atomic mass is 9.61. The van der Waals surface area contributed by atoms with Crippen molar-refractivity contribution < 1.29 is 14.3 Å². The summed E-state index contributed by atoms with van der Waals surface area (Å²) < 4.78 is 15.8. The van der Waals surface area contributed by atoms with E-state index >= 15 is 0 Å². The SMILES string of the molecule is O=C(O)[C@H]1C2CCC(CC2)[C@@H]1n1cc(Cl)c2cnc(C3=CCc4ncc(F)cc43)nc21. The Morgan fingerprint density at radius 3 is 2.71 bits per heavy atom. The minimum Gasteiger partial charge on any atom is -0.481 e. The number of nitrogens with zero attached hydrogens (tertiary/aromatic N) is 4. The summed E-state index contributed by atoms with van der Waals surface area (Å²) in [4.78, 5) is 25.7. The number of carboxylic acids is 1. The summed E-state index contributed by atoms with van der Waals surface area (Å²) in [6, 6.07) is 1.29. The van der Waals surface area contributed by atoms with Crippen molar-refractivity contribution in [3.8, 4) is 0 Å². The molecule has 1 N–H and O–H groups in total. The van der Waals surface area contributed by atoms with E-state index < -0.39 is 17.7 Å². The van der Waals surface area contributed by atoms with Crippen molar-refractivity contribution in [2.75, 3.05) is 0 Å². The monoisotopic (exact) mass is 438 g/mol. The third-order valence-corrected chi connectivity index (χ3v) is 7.57. The molecular weight excluding hydrogens is 419 g/mol. The molecule has 4 aliphatic rings. The maximum absolute atomic E-state index is 13.8. The second kappa shape index (κ2) is 6.85. The largest absolute Gasteiger partial charge is 0.481 e. The number of hydrogen-bond acceptors (Lipinski definition) is 4. The fourth-order valence-corrected chi connectivity index (χ4v) is 6.14. The lowest BCUT2D eigenvalue weighted by molar-refractivity contribution is -0.151. The predicted octanol–water partition coefficient (Wildman–Crippen LogP) is 4.67. The summed E-state index contributed by atoms with van der Waals surface area (Å²) in [6.07, 6.45) is 11.2. The van der Waals surface area contributed by atoms with Gasteiger partial charge >= 0.3 is 5.97 Å². The zero-order valence-corrected chi connectivity index (χ0v) is 17.4. The molecule has 0 spiro atoms. The van der Waals surface area contributed by atoms with Crippen molar-refractivity contribution in [2.24, 2.45) is 17.8 Å². The van der Waals surface area contributed by atoms with E-state index in [1.807, 2.05) is 16.8 Å². The van der Waals surface area contributed by atoms with Crippen LogP contribution in [0.3, 0.4) is 0 Å². The molecule has 3 aromatic rings. The number of carboxylic acid groups (broad SMARTS) is 1. The van der Waals surface area contributed by atoms with Crippen LogP contribution in [0.25, 0.3) is 16.6 Å². The Morgan fingerprint density at radius 2 is 1.94 bits per heavy atom. The summed E-state index contributed by atoms with van der Waals surface area (Å²) in [5.41, 5.74) is 2.87. The second-order valence-corrected chi connectivity index (χ2v) is 9.22. The highest BCUT2D eigenvalue weighted by atomic mass is 35.5. The molecule has 158 valence electrons. The molecule has 0 aromatic carbocycles. The average Bonchev–Trinajstić information content (AvgIpc) is 3.34. The molecule has 31 heavy (non-hydrogen) atoms. The van der Waals surface area contributed by atoms with Gasteiger partial charge in [0.2, 0.25) is 0 Å². The summed E-state index contributed by atoms with van der Waals surface area (Å²) in [5.74, 6) is -0.642. The van der Waals surface area contributed by atoms with Crippen LogP contribution in [0, 0.1) is 23.6 Å². The molecule has 3 saturated carbocycles. The summed E-state index contributed by atoms with van der Waals surface area (Å²) >= 11 is 6.52. The molecule has 0 radical (unpaired) electrons. The Bertz CT molecular complexity index is 1260. The molecule has 3 aromatic heterocycles. The van der Waals surface area contributed by atoms with Gasteiger partial charge in [-0.1, -0.05) is 17.7 Å². The van der Waals surface area contributed by atoms with Crippen molar-refractivity contribution in [1.82, 2.24) is 19.5 Å². The normalized spacial score (nSPS) is 26.8. The number of carbonyl (C=O) groups is 1. The van der Waals surface area contributed by atoms with Crippen LogP contribution < -0.4 is 0 Å². The quantitative estimate of drug-likeness (QED) is 0.642. The first-order valence-electron chi connectivity index (χ1n) is 10.6. The van der Waals surface area contributed by atoms with Gasteiger partial charge in [-0.2, -0.15) is 0 Å². The van der Waals surface area contributed by atoms with Crippen molar-refractivity contribution in [3.63, 3.8) is 0 Å². The molecule has 0 unspecified atom stereocenters. The molecule has 0 amide bonds. The standard InChI is InChI=1S/C23H20ClFN4O2/c24-17-10-29(20-12-3-1-11(2-4-12)19(20)23(30)31)22-16(17)9-27-21(28-22)14-5-6-18-15(14)7-13(25)8-26-18/h5,7-12,19-20H,1-4,6H2,(H,30,31)/t11?,12?,19-,20-/m0/s1. The zero-order valence-electron chi connectivity index (χ0n) is 16.6. The van der Waals surface area contributed by atoms with Gasteiger partial charge < -0.3 is 9.67 Å². The number of aliphatic carboxylic acids is 1. The van der Waals surface area contributed by atoms with Gasteiger partial charge in [0.15, 0.2) is 5.82 Å². The van der Waals surface area contributed by atoms with E-state index in [-0.39, 0.29) is 12.0 Å². The Kier molecular flexibility index (Phi) is 4.18. The third kappa shape index (κ3) is 2.82. The van der Waals surface area contributed by atoms with Crippen molar-refractivity contribution in [2.45, 2.75) is 38.1 Å². The van der Waals surface area contributed by atoms with Crippen LogP contribution in [0.15, 0.2) is 30.7 Å². The number of pyridine rings is 1. The topological polar surface area (TPSA) is 80.9 Å². The number of fused-ring (bicyclic) bond motifs is 5. The first kappa shape index (κ1) is 18.9. The van der Waals surface area contributed by atoms with Crippen LogP contribution in [0.5, 0.6) is 0 Å². The molecule has 3 fully saturated rings. The Labute approximate surface area is 182 Å². The highest BCUT2D eigenvalue weighted by molar-refractivity contribution is 6.35. The Morgan fingerprint density at radius 1 is 1.16 bits per heavy atom. The first-order valence-corrected chi connectivity index (χ1v) is 11.0. The minimum absolute atomic E-state index is 0.174. The van der Waals surface area contributed by atoms with Crippen molar-refractivity contribution in [1.29, 1.82) is 0 Å². The highest BCUT2D eigenvalue weighted by Crippen LogP contribution is 2.52. The fourth-order valence-electron chi connectivity index (χ4n) is 5.90. The van der Waals surface area contributed by atoms with Gasteiger partial charge in [-0.15, -0.1) is 0 Å². The lowest BCUT2D eigenvalue weighted by Gasteiger charge is -2.47. The van der Waals surface area contributed by atoms with E-state index in [1.54, 1.807) is 6.20 Å². The van der Waals surface area contributed by atoms with Crippen molar-refractivity contribution >= 4 is 34.2 Å². The average molecular weight is 439 g/mol. The smallest absolute Gasteiger partial charge is 0.308 e. The summed E-state index contributed by atoms with van der Waals surface area (Å²) in [7, 11) is 0. The number of hydrogen-bond donors (Lipinski definition) is 1. The number of aromatic nitrogens is 4. The van der Waals surface area contributed by atoms with E-state index in [2.05, 4.69) is 9.97 Å². The van der Waals surface area contributed by atoms with Gasteiger partial charge in [-0.3, -0.25) is 9.78 Å². The van der Waals surface area contributed by atoms with Crippen molar-refractivity contribution in [3.05, 3.63) is 58.7 Å². The molecule has 7 rings (SSSR count). The van der Waals surface area contributed by atoms with Gasteiger partial charge in [-0.05, 0) is 43.6 Å². The summed E-state index contributed by atoms with van der Waals surface area (Å²) in [6.45, 7) is 0. The molecule has 2 atom stereocenters. The van der Waals surface area contributed by atoms with E-state index in [9.17, 15) is 14.3 Å².